The standard InChI is InChI=1S/C19H21N3OS2/c1-6-20-8-7-12(2)18(23)22-19-21-16(11-25-19)17-13(3)9-15(24-5)10-14(17)4/h6-11H,2H2,1,3-5H3,(H,21,22,23)/b8-7-,20-6?. The minimum absolute atomic E-state index is 0.283. The number of thioether (sulfide) groups is 1. The van der Waals surface area contributed by atoms with Gasteiger partial charge in [0.1, 0.15) is 0 Å². The lowest BCUT2D eigenvalue weighted by Crippen LogP contribution is -2.12. The minimum Gasteiger partial charge on any atom is -0.298 e. The van der Waals surface area contributed by atoms with Gasteiger partial charge in [0, 0.05) is 33.8 Å². The summed E-state index contributed by atoms with van der Waals surface area (Å²) >= 11 is 3.13. The molecule has 130 valence electrons. The molecule has 0 spiro atoms. The molecular formula is C19H21N3OS2. The molecule has 1 N–H and O–H groups in total. The molecule has 6 heteroatoms. The summed E-state index contributed by atoms with van der Waals surface area (Å²) in [5.41, 5.74) is 4.68. The van der Waals surface area contributed by atoms with Crippen molar-refractivity contribution in [1.29, 1.82) is 0 Å². The van der Waals surface area contributed by atoms with E-state index in [0.717, 1.165) is 11.3 Å². The molecule has 2 rings (SSSR count). The van der Waals surface area contributed by atoms with Crippen LogP contribution in [0.25, 0.3) is 11.3 Å². The van der Waals surface area contributed by atoms with Gasteiger partial charge < -0.3 is 0 Å². The van der Waals surface area contributed by atoms with Crippen LogP contribution in [0.1, 0.15) is 18.1 Å². The first kappa shape index (κ1) is 19.1. The van der Waals surface area contributed by atoms with E-state index in [0.29, 0.717) is 10.7 Å². The molecule has 0 saturated heterocycles. The number of aromatic nitrogens is 1. The molecule has 0 aliphatic rings. The number of amides is 1. The van der Waals surface area contributed by atoms with E-state index in [-0.39, 0.29) is 5.91 Å². The van der Waals surface area contributed by atoms with Crippen molar-refractivity contribution in [1.82, 2.24) is 4.98 Å². The molecule has 4 nitrogen and oxygen atoms in total. The molecule has 0 bridgehead atoms. The number of aryl methyl sites for hydroxylation is 2. The van der Waals surface area contributed by atoms with Crippen molar-refractivity contribution in [2.45, 2.75) is 25.7 Å². The minimum atomic E-state index is -0.283. The first-order chi connectivity index (χ1) is 12.0. The Labute approximate surface area is 156 Å². The maximum Gasteiger partial charge on any atom is 0.256 e. The SMILES string of the molecule is C=C(/C=C\N=CC)C(=O)Nc1nc(-c2c(C)cc(SC)cc2C)cs1. The Balaban J connectivity index is 2.18. The van der Waals surface area contributed by atoms with E-state index in [1.54, 1.807) is 31.0 Å². The number of thiazole rings is 1. The third kappa shape index (κ3) is 4.90. The third-order valence-electron chi connectivity index (χ3n) is 3.53. The number of benzene rings is 1. The van der Waals surface area contributed by atoms with Gasteiger partial charge in [0.15, 0.2) is 5.13 Å². The van der Waals surface area contributed by atoms with E-state index in [4.69, 9.17) is 0 Å². The molecule has 0 atom stereocenters. The number of hydrogen-bond donors (Lipinski definition) is 1. The lowest BCUT2D eigenvalue weighted by atomic mass is 10.0. The fraction of sp³-hybridized carbons (Fsp3) is 0.211. The predicted molar refractivity (Wildman–Crippen MR) is 110 cm³/mol. The van der Waals surface area contributed by atoms with Crippen molar-refractivity contribution in [3.63, 3.8) is 0 Å². The quantitative estimate of drug-likeness (QED) is 0.327. The summed E-state index contributed by atoms with van der Waals surface area (Å²) in [6.07, 6.45) is 6.81. The summed E-state index contributed by atoms with van der Waals surface area (Å²) in [6, 6.07) is 4.32. The van der Waals surface area contributed by atoms with Crippen LogP contribution in [-0.4, -0.2) is 23.4 Å². The zero-order valence-electron chi connectivity index (χ0n) is 14.8. The zero-order chi connectivity index (χ0) is 18.4. The molecule has 1 amide bonds. The van der Waals surface area contributed by atoms with E-state index < -0.39 is 0 Å². The van der Waals surface area contributed by atoms with Crippen LogP contribution in [0.3, 0.4) is 0 Å². The van der Waals surface area contributed by atoms with Crippen molar-refractivity contribution < 1.29 is 4.79 Å². The molecule has 0 aliphatic heterocycles. The van der Waals surface area contributed by atoms with Gasteiger partial charge in [-0.15, -0.1) is 23.1 Å². The highest BCUT2D eigenvalue weighted by atomic mass is 32.2. The van der Waals surface area contributed by atoms with Crippen molar-refractivity contribution in [3.05, 3.63) is 53.1 Å². The Bertz CT molecular complexity index is 827. The van der Waals surface area contributed by atoms with Crippen molar-refractivity contribution in [2.24, 2.45) is 4.99 Å². The van der Waals surface area contributed by atoms with Crippen LogP contribution in [0.5, 0.6) is 0 Å². The molecule has 0 fully saturated rings. The average Bonchev–Trinajstić information content (AvgIpc) is 3.02. The fourth-order valence-corrected chi connectivity index (χ4v) is 3.65. The summed E-state index contributed by atoms with van der Waals surface area (Å²) in [4.78, 5) is 21.8. The van der Waals surface area contributed by atoms with Gasteiger partial charge in [-0.05, 0) is 56.4 Å². The Morgan fingerprint density at radius 1 is 1.36 bits per heavy atom. The second kappa shape index (κ2) is 8.78. The van der Waals surface area contributed by atoms with Gasteiger partial charge in [-0.25, -0.2) is 4.98 Å². The highest BCUT2D eigenvalue weighted by Crippen LogP contribution is 2.33. The number of nitrogens with zero attached hydrogens (tertiary/aromatic N) is 2. The van der Waals surface area contributed by atoms with E-state index >= 15 is 0 Å². The molecule has 2 aromatic rings. The van der Waals surface area contributed by atoms with E-state index in [2.05, 4.69) is 54.1 Å². The second-order valence-corrected chi connectivity index (χ2v) is 7.11. The second-order valence-electron chi connectivity index (χ2n) is 5.38. The monoisotopic (exact) mass is 371 g/mol. The highest BCUT2D eigenvalue weighted by Gasteiger charge is 2.13. The molecule has 1 aromatic heterocycles. The number of aliphatic imine (C=N–C) groups is 1. The van der Waals surface area contributed by atoms with Gasteiger partial charge in [-0.2, -0.15) is 0 Å². The molecule has 25 heavy (non-hydrogen) atoms. The molecular weight excluding hydrogens is 350 g/mol. The lowest BCUT2D eigenvalue weighted by molar-refractivity contribution is -0.112. The summed E-state index contributed by atoms with van der Waals surface area (Å²) in [7, 11) is 0. The largest absolute Gasteiger partial charge is 0.298 e. The number of carbonyl (C=O) groups is 1. The van der Waals surface area contributed by atoms with E-state index in [1.807, 2.05) is 5.38 Å². The maximum atomic E-state index is 12.1. The predicted octanol–water partition coefficient (Wildman–Crippen LogP) is 5.25. The first-order valence-electron chi connectivity index (χ1n) is 7.72. The number of carbonyl (C=O) groups excluding carboxylic acids is 1. The summed E-state index contributed by atoms with van der Waals surface area (Å²) < 4.78 is 0. The number of anilines is 1. The molecule has 0 saturated carbocycles. The van der Waals surface area contributed by atoms with E-state index in [9.17, 15) is 4.79 Å². The van der Waals surface area contributed by atoms with Crippen LogP contribution in [0.2, 0.25) is 0 Å². The van der Waals surface area contributed by atoms with Gasteiger partial charge in [0.25, 0.3) is 5.91 Å². The topological polar surface area (TPSA) is 54.4 Å². The van der Waals surface area contributed by atoms with Crippen LogP contribution < -0.4 is 5.32 Å². The number of nitrogens with one attached hydrogen (secondary N) is 1. The normalized spacial score (nSPS) is 11.4. The highest BCUT2D eigenvalue weighted by molar-refractivity contribution is 7.98. The van der Waals surface area contributed by atoms with Crippen LogP contribution in [0.4, 0.5) is 5.13 Å². The van der Waals surface area contributed by atoms with Crippen molar-refractivity contribution >= 4 is 40.4 Å². The molecule has 1 aromatic carbocycles. The van der Waals surface area contributed by atoms with Gasteiger partial charge in [0.2, 0.25) is 0 Å². The fourth-order valence-electron chi connectivity index (χ4n) is 2.36. The number of hydrogen-bond acceptors (Lipinski definition) is 5. The number of rotatable bonds is 6. The van der Waals surface area contributed by atoms with Crippen molar-refractivity contribution in [2.75, 3.05) is 11.6 Å². The van der Waals surface area contributed by atoms with Crippen LogP contribution in [0.15, 0.2) is 51.8 Å². The molecule has 0 aliphatic carbocycles. The Morgan fingerprint density at radius 2 is 2.04 bits per heavy atom. The zero-order valence-corrected chi connectivity index (χ0v) is 16.4. The van der Waals surface area contributed by atoms with Gasteiger partial charge in [-0.1, -0.05) is 6.58 Å². The summed E-state index contributed by atoms with van der Waals surface area (Å²) in [5, 5.41) is 5.30. The Hall–Kier alpha value is -2.18. The Morgan fingerprint density at radius 3 is 2.64 bits per heavy atom. The van der Waals surface area contributed by atoms with Crippen LogP contribution >= 0.6 is 23.1 Å². The summed E-state index contributed by atoms with van der Waals surface area (Å²) in [5.74, 6) is -0.283. The van der Waals surface area contributed by atoms with Crippen LogP contribution in [0, 0.1) is 13.8 Å². The lowest BCUT2D eigenvalue weighted by Gasteiger charge is -2.09. The van der Waals surface area contributed by atoms with E-state index in [1.165, 1.54) is 33.6 Å². The molecule has 0 unspecified atom stereocenters. The molecule has 1 heterocycles. The first-order valence-corrected chi connectivity index (χ1v) is 9.82. The third-order valence-corrected chi connectivity index (χ3v) is 4.99. The maximum absolute atomic E-state index is 12.1. The van der Waals surface area contributed by atoms with Gasteiger partial charge in [-0.3, -0.25) is 15.1 Å². The van der Waals surface area contributed by atoms with Gasteiger partial charge >= 0.3 is 0 Å². The smallest absolute Gasteiger partial charge is 0.256 e. The average molecular weight is 372 g/mol. The van der Waals surface area contributed by atoms with Gasteiger partial charge in [0.05, 0.1) is 5.69 Å². The van der Waals surface area contributed by atoms with Crippen molar-refractivity contribution in [3.8, 4) is 11.3 Å². The molecule has 0 radical (unpaired) electrons. The van der Waals surface area contributed by atoms with Crippen LogP contribution in [-0.2, 0) is 4.79 Å². The summed E-state index contributed by atoms with van der Waals surface area (Å²) in [6.45, 7) is 9.71. The Kier molecular flexibility index (Phi) is 6.73.